The van der Waals surface area contributed by atoms with Gasteiger partial charge in [0.05, 0.1) is 0 Å². The number of nitrogens with one attached hydrogen (secondary N) is 1. The maximum atomic E-state index is 3.59. The van der Waals surface area contributed by atoms with E-state index in [0.717, 1.165) is 17.9 Å². The predicted octanol–water partition coefficient (Wildman–Crippen LogP) is 2.89. The first-order valence-electron chi connectivity index (χ1n) is 7.73. The topological polar surface area (TPSA) is 15.3 Å². The average molecular weight is 238 g/mol. The molecule has 0 radical (unpaired) electrons. The van der Waals surface area contributed by atoms with E-state index in [2.05, 4.69) is 24.1 Å². The highest BCUT2D eigenvalue weighted by Crippen LogP contribution is 2.31. The van der Waals surface area contributed by atoms with E-state index in [-0.39, 0.29) is 0 Å². The molecule has 1 N–H and O–H groups in total. The van der Waals surface area contributed by atoms with E-state index < -0.39 is 0 Å². The fourth-order valence-electron chi connectivity index (χ4n) is 3.43. The molecule has 0 aromatic rings. The third-order valence-electron chi connectivity index (χ3n) is 4.86. The van der Waals surface area contributed by atoms with Gasteiger partial charge in [0, 0.05) is 25.7 Å². The van der Waals surface area contributed by atoms with Crippen molar-refractivity contribution in [3.8, 4) is 0 Å². The molecule has 2 fully saturated rings. The summed E-state index contributed by atoms with van der Waals surface area (Å²) in [7, 11) is 0. The molecule has 1 unspecified atom stereocenters. The largest absolute Gasteiger partial charge is 0.313 e. The zero-order valence-corrected chi connectivity index (χ0v) is 11.8. The second-order valence-electron chi connectivity index (χ2n) is 6.24. The van der Waals surface area contributed by atoms with Crippen molar-refractivity contribution in [3.63, 3.8) is 0 Å². The van der Waals surface area contributed by atoms with Crippen molar-refractivity contribution < 1.29 is 0 Å². The summed E-state index contributed by atoms with van der Waals surface area (Å²) < 4.78 is 0. The first-order valence-corrected chi connectivity index (χ1v) is 7.73. The molecule has 2 aliphatic rings. The molecule has 1 saturated carbocycles. The Balaban J connectivity index is 1.70. The number of rotatable bonds is 3. The summed E-state index contributed by atoms with van der Waals surface area (Å²) in [6.07, 6.45) is 8.67. The Labute approximate surface area is 107 Å². The fraction of sp³-hybridized carbons (Fsp3) is 1.00. The van der Waals surface area contributed by atoms with Crippen molar-refractivity contribution >= 4 is 0 Å². The standard InChI is InChI=1S/C15H30N2/c1-3-14-4-6-15(7-5-14)12-17-10-8-13(2)16-9-11-17/h13-16H,3-12H2,1-2H3. The minimum atomic E-state index is 0.718. The van der Waals surface area contributed by atoms with E-state index in [0.29, 0.717) is 0 Å². The summed E-state index contributed by atoms with van der Waals surface area (Å²) in [6, 6.07) is 0.718. The van der Waals surface area contributed by atoms with Gasteiger partial charge in [-0.2, -0.15) is 0 Å². The molecule has 0 aromatic carbocycles. The Bertz CT molecular complexity index is 209. The monoisotopic (exact) mass is 238 g/mol. The highest BCUT2D eigenvalue weighted by atomic mass is 15.2. The SMILES string of the molecule is CCC1CCC(CN2CCNC(C)CC2)CC1. The normalized spacial score (nSPS) is 36.7. The molecule has 1 saturated heterocycles. The molecule has 1 aliphatic heterocycles. The molecular formula is C15H30N2. The van der Waals surface area contributed by atoms with E-state index in [9.17, 15) is 0 Å². The molecule has 1 heterocycles. The lowest BCUT2D eigenvalue weighted by molar-refractivity contribution is 0.185. The predicted molar refractivity (Wildman–Crippen MR) is 74.3 cm³/mol. The molecule has 2 heteroatoms. The van der Waals surface area contributed by atoms with Crippen LogP contribution in [0.1, 0.15) is 52.4 Å². The van der Waals surface area contributed by atoms with Gasteiger partial charge in [0.15, 0.2) is 0 Å². The van der Waals surface area contributed by atoms with Crippen LogP contribution in [0.2, 0.25) is 0 Å². The fourth-order valence-corrected chi connectivity index (χ4v) is 3.43. The second-order valence-corrected chi connectivity index (χ2v) is 6.24. The van der Waals surface area contributed by atoms with Gasteiger partial charge in [-0.05, 0) is 44.6 Å². The first-order chi connectivity index (χ1) is 8.28. The minimum absolute atomic E-state index is 0.718. The van der Waals surface area contributed by atoms with Gasteiger partial charge in [0.1, 0.15) is 0 Å². The maximum Gasteiger partial charge on any atom is 0.0107 e. The third-order valence-corrected chi connectivity index (χ3v) is 4.86. The van der Waals surface area contributed by atoms with Crippen LogP contribution in [0.3, 0.4) is 0 Å². The minimum Gasteiger partial charge on any atom is -0.313 e. The Morgan fingerprint density at radius 2 is 1.71 bits per heavy atom. The lowest BCUT2D eigenvalue weighted by Gasteiger charge is -2.31. The summed E-state index contributed by atoms with van der Waals surface area (Å²) in [5.74, 6) is 2.03. The third kappa shape index (κ3) is 4.26. The quantitative estimate of drug-likeness (QED) is 0.813. The van der Waals surface area contributed by atoms with Crippen LogP contribution in [0.25, 0.3) is 0 Å². The van der Waals surface area contributed by atoms with Gasteiger partial charge in [-0.15, -0.1) is 0 Å². The second kappa shape index (κ2) is 6.75. The van der Waals surface area contributed by atoms with E-state index in [4.69, 9.17) is 0 Å². The van der Waals surface area contributed by atoms with Crippen molar-refractivity contribution in [1.82, 2.24) is 10.2 Å². The van der Waals surface area contributed by atoms with Gasteiger partial charge in [-0.25, -0.2) is 0 Å². The van der Waals surface area contributed by atoms with Crippen molar-refractivity contribution in [2.24, 2.45) is 11.8 Å². The van der Waals surface area contributed by atoms with Gasteiger partial charge in [0.25, 0.3) is 0 Å². The smallest absolute Gasteiger partial charge is 0.0107 e. The van der Waals surface area contributed by atoms with Crippen LogP contribution < -0.4 is 5.32 Å². The van der Waals surface area contributed by atoms with Gasteiger partial charge in [0.2, 0.25) is 0 Å². The van der Waals surface area contributed by atoms with Crippen LogP contribution in [-0.4, -0.2) is 37.1 Å². The first kappa shape index (κ1) is 13.4. The van der Waals surface area contributed by atoms with Crippen molar-refractivity contribution in [2.75, 3.05) is 26.2 Å². The number of hydrogen-bond donors (Lipinski definition) is 1. The molecule has 17 heavy (non-hydrogen) atoms. The van der Waals surface area contributed by atoms with Crippen LogP contribution in [-0.2, 0) is 0 Å². The lowest BCUT2D eigenvalue weighted by atomic mass is 9.80. The molecule has 0 amide bonds. The molecule has 0 aromatic heterocycles. The Morgan fingerprint density at radius 3 is 2.41 bits per heavy atom. The Kier molecular flexibility index (Phi) is 5.30. The van der Waals surface area contributed by atoms with Crippen LogP contribution in [0.4, 0.5) is 0 Å². The van der Waals surface area contributed by atoms with Gasteiger partial charge in [-0.1, -0.05) is 26.2 Å². The Hall–Kier alpha value is -0.0800. The summed E-state index contributed by atoms with van der Waals surface area (Å²) in [5, 5.41) is 3.59. The maximum absolute atomic E-state index is 3.59. The summed E-state index contributed by atoms with van der Waals surface area (Å²) in [6.45, 7) is 9.79. The lowest BCUT2D eigenvalue weighted by Crippen LogP contribution is -2.34. The molecule has 2 rings (SSSR count). The molecule has 0 spiro atoms. The average Bonchev–Trinajstić information content (AvgIpc) is 2.56. The highest BCUT2D eigenvalue weighted by molar-refractivity contribution is 4.77. The number of hydrogen-bond acceptors (Lipinski definition) is 2. The molecule has 2 nitrogen and oxygen atoms in total. The number of nitrogens with zero attached hydrogens (tertiary/aromatic N) is 1. The van der Waals surface area contributed by atoms with Crippen molar-refractivity contribution in [3.05, 3.63) is 0 Å². The van der Waals surface area contributed by atoms with Crippen LogP contribution in [0, 0.1) is 11.8 Å². The Morgan fingerprint density at radius 1 is 1.00 bits per heavy atom. The van der Waals surface area contributed by atoms with Gasteiger partial charge >= 0.3 is 0 Å². The molecule has 1 atom stereocenters. The van der Waals surface area contributed by atoms with Crippen LogP contribution in [0.15, 0.2) is 0 Å². The van der Waals surface area contributed by atoms with Crippen molar-refractivity contribution in [1.29, 1.82) is 0 Å². The summed E-state index contributed by atoms with van der Waals surface area (Å²) in [4.78, 5) is 2.70. The molecule has 100 valence electrons. The van der Waals surface area contributed by atoms with Gasteiger partial charge in [-0.3, -0.25) is 0 Å². The van der Waals surface area contributed by atoms with E-state index >= 15 is 0 Å². The van der Waals surface area contributed by atoms with E-state index in [1.165, 1.54) is 64.7 Å². The molecular weight excluding hydrogens is 208 g/mol. The van der Waals surface area contributed by atoms with Crippen LogP contribution >= 0.6 is 0 Å². The zero-order chi connectivity index (χ0) is 12.1. The zero-order valence-electron chi connectivity index (χ0n) is 11.8. The molecule has 1 aliphatic carbocycles. The summed E-state index contributed by atoms with van der Waals surface area (Å²) in [5.41, 5.74) is 0. The summed E-state index contributed by atoms with van der Waals surface area (Å²) >= 11 is 0. The van der Waals surface area contributed by atoms with E-state index in [1.54, 1.807) is 0 Å². The van der Waals surface area contributed by atoms with Crippen molar-refractivity contribution in [2.45, 2.75) is 58.4 Å². The molecule has 0 bridgehead atoms. The van der Waals surface area contributed by atoms with E-state index in [1.807, 2.05) is 0 Å². The van der Waals surface area contributed by atoms with Crippen LogP contribution in [0.5, 0.6) is 0 Å². The highest BCUT2D eigenvalue weighted by Gasteiger charge is 2.22. The van der Waals surface area contributed by atoms with Gasteiger partial charge < -0.3 is 10.2 Å².